The monoisotopic (exact) mass is 312 g/mol. The number of carbonyl (C=O) groups is 2. The Bertz CT molecular complexity index is 493. The minimum Gasteiger partial charge on any atom is -0.480 e. The van der Waals surface area contributed by atoms with Gasteiger partial charge in [-0.2, -0.15) is 0 Å². The van der Waals surface area contributed by atoms with Crippen LogP contribution in [-0.2, 0) is 22.0 Å². The number of urea groups is 1. The largest absolute Gasteiger partial charge is 0.480 e. The van der Waals surface area contributed by atoms with E-state index in [1.807, 2.05) is 30.3 Å². The van der Waals surface area contributed by atoms with Crippen LogP contribution in [-0.4, -0.2) is 45.9 Å². The van der Waals surface area contributed by atoms with Crippen LogP contribution in [0.15, 0.2) is 30.3 Å². The molecule has 0 radical (unpaired) electrons. The zero-order valence-corrected chi connectivity index (χ0v) is 12.7. The smallest absolute Gasteiger partial charge is 0.326 e. The van der Waals surface area contributed by atoms with Crippen molar-refractivity contribution in [2.24, 2.45) is 0 Å². The van der Waals surface area contributed by atoms with E-state index in [1.54, 1.807) is 6.26 Å². The summed E-state index contributed by atoms with van der Waals surface area (Å²) in [6, 6.07) is 7.60. The van der Waals surface area contributed by atoms with Gasteiger partial charge >= 0.3 is 12.0 Å². The van der Waals surface area contributed by atoms with E-state index in [0.29, 0.717) is 18.7 Å². The van der Waals surface area contributed by atoms with E-state index in [1.165, 1.54) is 0 Å². The SMILES string of the molecule is CS(=O)CCCNC(=O)NC(Cc1ccccc1)C(=O)O. The summed E-state index contributed by atoms with van der Waals surface area (Å²) in [7, 11) is -0.891. The number of carbonyl (C=O) groups excluding carboxylic acids is 1. The predicted octanol–water partition coefficient (Wildman–Crippen LogP) is 0.750. The fourth-order valence-corrected chi connectivity index (χ4v) is 2.29. The number of carboxylic acids is 1. The van der Waals surface area contributed by atoms with Crippen molar-refractivity contribution in [3.05, 3.63) is 35.9 Å². The van der Waals surface area contributed by atoms with Crippen molar-refractivity contribution in [3.8, 4) is 0 Å². The Morgan fingerprint density at radius 3 is 2.52 bits per heavy atom. The van der Waals surface area contributed by atoms with Crippen LogP contribution in [0.25, 0.3) is 0 Å². The van der Waals surface area contributed by atoms with Crippen molar-refractivity contribution in [3.63, 3.8) is 0 Å². The standard InChI is InChI=1S/C14H20N2O4S/c1-21(20)9-5-8-15-14(19)16-12(13(17)18)10-11-6-3-2-4-7-11/h2-4,6-7,12H,5,8-10H2,1H3,(H,17,18)(H2,15,16,19). The molecule has 1 rings (SSSR count). The van der Waals surface area contributed by atoms with Gasteiger partial charge in [0.25, 0.3) is 0 Å². The van der Waals surface area contributed by atoms with Crippen molar-refractivity contribution >= 4 is 22.8 Å². The molecule has 0 saturated carbocycles. The highest BCUT2D eigenvalue weighted by Crippen LogP contribution is 2.03. The first-order valence-electron chi connectivity index (χ1n) is 6.60. The van der Waals surface area contributed by atoms with Crippen molar-refractivity contribution in [2.45, 2.75) is 18.9 Å². The van der Waals surface area contributed by atoms with Gasteiger partial charge in [-0.3, -0.25) is 4.21 Å². The van der Waals surface area contributed by atoms with Crippen LogP contribution in [0.3, 0.4) is 0 Å². The zero-order valence-electron chi connectivity index (χ0n) is 11.9. The van der Waals surface area contributed by atoms with E-state index in [0.717, 1.165) is 5.56 Å². The lowest BCUT2D eigenvalue weighted by atomic mass is 10.1. The molecule has 2 atom stereocenters. The normalized spacial score (nSPS) is 13.2. The quantitative estimate of drug-likeness (QED) is 0.617. The third-order valence-electron chi connectivity index (χ3n) is 2.78. The molecule has 3 N–H and O–H groups in total. The van der Waals surface area contributed by atoms with E-state index in [9.17, 15) is 13.8 Å². The maximum atomic E-state index is 11.6. The summed E-state index contributed by atoms with van der Waals surface area (Å²) in [5.41, 5.74) is 0.839. The highest BCUT2D eigenvalue weighted by Gasteiger charge is 2.19. The molecule has 0 bridgehead atoms. The molecular weight excluding hydrogens is 292 g/mol. The Morgan fingerprint density at radius 2 is 1.95 bits per heavy atom. The molecule has 0 saturated heterocycles. The fraction of sp³-hybridized carbons (Fsp3) is 0.429. The number of aliphatic carboxylic acids is 1. The highest BCUT2D eigenvalue weighted by atomic mass is 32.2. The van der Waals surface area contributed by atoms with E-state index in [4.69, 9.17) is 5.11 Å². The Kier molecular flexibility index (Phi) is 7.45. The van der Waals surface area contributed by atoms with Crippen LogP contribution in [0.4, 0.5) is 4.79 Å². The molecule has 21 heavy (non-hydrogen) atoms. The Morgan fingerprint density at radius 1 is 1.29 bits per heavy atom. The molecule has 2 unspecified atom stereocenters. The van der Waals surface area contributed by atoms with Crippen molar-refractivity contribution < 1.29 is 18.9 Å². The average Bonchev–Trinajstić information content (AvgIpc) is 2.44. The molecule has 6 nitrogen and oxygen atoms in total. The number of hydrogen-bond donors (Lipinski definition) is 3. The third-order valence-corrected chi connectivity index (χ3v) is 3.64. The number of nitrogens with one attached hydrogen (secondary N) is 2. The summed E-state index contributed by atoms with van der Waals surface area (Å²) in [6.45, 7) is 0.364. The molecule has 0 aliphatic carbocycles. The molecule has 0 fully saturated rings. The molecule has 7 heteroatoms. The second kappa shape index (κ2) is 9.12. The molecule has 116 valence electrons. The predicted molar refractivity (Wildman–Crippen MR) is 81.7 cm³/mol. The molecule has 0 heterocycles. The molecule has 2 amide bonds. The minimum atomic E-state index is -1.08. The maximum absolute atomic E-state index is 11.6. The molecule has 0 aliphatic heterocycles. The van der Waals surface area contributed by atoms with Gasteiger partial charge in [0, 0.05) is 35.8 Å². The molecule has 1 aromatic rings. The molecule has 0 spiro atoms. The third kappa shape index (κ3) is 7.45. The van der Waals surface area contributed by atoms with Crippen LogP contribution >= 0.6 is 0 Å². The lowest BCUT2D eigenvalue weighted by molar-refractivity contribution is -0.139. The molecule has 0 aliphatic rings. The summed E-state index contributed by atoms with van der Waals surface area (Å²) in [5.74, 6) is -0.573. The van der Waals surface area contributed by atoms with Crippen LogP contribution in [0.5, 0.6) is 0 Å². The molecule has 0 aromatic heterocycles. The van der Waals surface area contributed by atoms with E-state index in [-0.39, 0.29) is 6.42 Å². The lowest BCUT2D eigenvalue weighted by Gasteiger charge is -2.15. The van der Waals surface area contributed by atoms with Gasteiger partial charge in [0.15, 0.2) is 0 Å². The minimum absolute atomic E-state index is 0.225. The maximum Gasteiger partial charge on any atom is 0.326 e. The van der Waals surface area contributed by atoms with Gasteiger partial charge in [0.05, 0.1) is 0 Å². The first-order valence-corrected chi connectivity index (χ1v) is 8.33. The van der Waals surface area contributed by atoms with Crippen molar-refractivity contribution in [1.82, 2.24) is 10.6 Å². The molecular formula is C14H20N2O4S. The number of benzene rings is 1. The number of carboxylic acid groups (broad SMARTS) is 1. The zero-order chi connectivity index (χ0) is 15.7. The van der Waals surface area contributed by atoms with Gasteiger partial charge in [-0.1, -0.05) is 30.3 Å². The van der Waals surface area contributed by atoms with E-state index in [2.05, 4.69) is 10.6 Å². The van der Waals surface area contributed by atoms with Crippen molar-refractivity contribution in [2.75, 3.05) is 18.6 Å². The van der Waals surface area contributed by atoms with Crippen LogP contribution in [0.1, 0.15) is 12.0 Å². The summed E-state index contributed by atoms with van der Waals surface area (Å²) in [4.78, 5) is 22.8. The van der Waals surface area contributed by atoms with E-state index < -0.39 is 28.8 Å². The van der Waals surface area contributed by atoms with Crippen LogP contribution in [0.2, 0.25) is 0 Å². The topological polar surface area (TPSA) is 95.5 Å². The Labute approximate surface area is 126 Å². The second-order valence-electron chi connectivity index (χ2n) is 4.61. The number of hydrogen-bond acceptors (Lipinski definition) is 3. The summed E-state index contributed by atoms with van der Waals surface area (Å²) in [5, 5.41) is 14.1. The van der Waals surface area contributed by atoms with Gasteiger partial charge in [-0.25, -0.2) is 9.59 Å². The first kappa shape index (κ1) is 17.2. The van der Waals surface area contributed by atoms with Gasteiger partial charge in [-0.15, -0.1) is 0 Å². The first-order chi connectivity index (χ1) is 9.99. The van der Waals surface area contributed by atoms with Crippen LogP contribution < -0.4 is 10.6 Å². The van der Waals surface area contributed by atoms with Gasteiger partial charge in [-0.05, 0) is 12.0 Å². The number of amides is 2. The summed E-state index contributed by atoms with van der Waals surface area (Å²) < 4.78 is 10.9. The molecule has 1 aromatic carbocycles. The lowest BCUT2D eigenvalue weighted by Crippen LogP contribution is -2.47. The number of rotatable bonds is 8. The Balaban J connectivity index is 2.41. The van der Waals surface area contributed by atoms with Gasteiger partial charge in [0.2, 0.25) is 0 Å². The van der Waals surface area contributed by atoms with Crippen molar-refractivity contribution in [1.29, 1.82) is 0 Å². The summed E-state index contributed by atoms with van der Waals surface area (Å²) >= 11 is 0. The highest BCUT2D eigenvalue weighted by molar-refractivity contribution is 7.84. The average molecular weight is 312 g/mol. The van der Waals surface area contributed by atoms with E-state index >= 15 is 0 Å². The van der Waals surface area contributed by atoms with Crippen LogP contribution in [0, 0.1) is 0 Å². The fourth-order valence-electron chi connectivity index (χ4n) is 1.74. The van der Waals surface area contributed by atoms with Gasteiger partial charge in [0.1, 0.15) is 6.04 Å². The van der Waals surface area contributed by atoms with Gasteiger partial charge < -0.3 is 15.7 Å². The summed E-state index contributed by atoms with van der Waals surface area (Å²) in [6.07, 6.45) is 2.41. The Hall–Kier alpha value is -1.89. The second-order valence-corrected chi connectivity index (χ2v) is 6.17.